The zero-order chi connectivity index (χ0) is 15.3. The highest BCUT2D eigenvalue weighted by Gasteiger charge is 2.30. The van der Waals surface area contributed by atoms with Gasteiger partial charge in [0.1, 0.15) is 0 Å². The number of carboxylic acids is 1. The molecule has 7 heteroatoms. The van der Waals surface area contributed by atoms with Crippen molar-refractivity contribution in [1.29, 1.82) is 0 Å². The number of Topliss-reactive ketones (excluding diaryl/α,β-unsaturated/α-hetero) is 1. The van der Waals surface area contributed by atoms with Gasteiger partial charge in [-0.1, -0.05) is 0 Å². The van der Waals surface area contributed by atoms with Crippen molar-refractivity contribution in [2.45, 2.75) is 19.4 Å². The van der Waals surface area contributed by atoms with Crippen LogP contribution in [0.3, 0.4) is 0 Å². The number of benzene rings is 1. The number of carbonyl (C=O) groups is 3. The molecule has 1 unspecified atom stereocenters. The van der Waals surface area contributed by atoms with Crippen molar-refractivity contribution in [3.8, 4) is 0 Å². The third-order valence-corrected chi connectivity index (χ3v) is 2.60. The average molecular weight is 280 g/mol. The van der Waals surface area contributed by atoms with Crippen LogP contribution in [-0.2, 0) is 4.79 Å². The molecule has 108 valence electrons. The number of aliphatic carboxylic acids is 1. The molecule has 7 nitrogen and oxygen atoms in total. The molecule has 0 spiro atoms. The number of rotatable bonds is 5. The Hall–Kier alpha value is -2.41. The van der Waals surface area contributed by atoms with Gasteiger partial charge >= 0.3 is 12.0 Å². The topological polar surface area (TPSA) is 116 Å². The van der Waals surface area contributed by atoms with Crippen LogP contribution < -0.4 is 10.6 Å². The number of carbonyl (C=O) groups excluding carboxylic acids is 2. The molecular weight excluding hydrogens is 264 g/mol. The van der Waals surface area contributed by atoms with Crippen LogP contribution >= 0.6 is 0 Å². The first kappa shape index (κ1) is 15.6. The fraction of sp³-hybridized carbons (Fsp3) is 0.308. The number of nitrogens with one attached hydrogen (secondary N) is 2. The molecular formula is C13H16N2O5. The summed E-state index contributed by atoms with van der Waals surface area (Å²) in [5.41, 5.74) is -1.07. The standard InChI is InChI=1S/C13H16N2O5/c1-8(16)9-3-5-10(6-4-9)15-12(19)14-7-13(2,20)11(17)18/h3-6,20H,7H2,1-2H3,(H,17,18)(H2,14,15,19). The highest BCUT2D eigenvalue weighted by Crippen LogP contribution is 2.10. The van der Waals surface area contributed by atoms with E-state index in [9.17, 15) is 19.5 Å². The number of amides is 2. The monoisotopic (exact) mass is 280 g/mol. The highest BCUT2D eigenvalue weighted by atomic mass is 16.4. The van der Waals surface area contributed by atoms with E-state index in [-0.39, 0.29) is 5.78 Å². The van der Waals surface area contributed by atoms with Crippen LogP contribution in [-0.4, -0.2) is 40.1 Å². The molecule has 0 aliphatic carbocycles. The van der Waals surface area contributed by atoms with Gasteiger partial charge in [-0.3, -0.25) is 4.79 Å². The van der Waals surface area contributed by atoms with Crippen LogP contribution in [0.2, 0.25) is 0 Å². The van der Waals surface area contributed by atoms with Gasteiger partial charge in [0.05, 0.1) is 6.54 Å². The molecule has 1 rings (SSSR count). The molecule has 0 fully saturated rings. The van der Waals surface area contributed by atoms with Crippen LogP contribution in [0.25, 0.3) is 0 Å². The maximum atomic E-state index is 11.5. The lowest BCUT2D eigenvalue weighted by atomic mass is 10.1. The molecule has 0 aliphatic rings. The Morgan fingerprint density at radius 2 is 1.75 bits per heavy atom. The lowest BCUT2D eigenvalue weighted by Crippen LogP contribution is -2.47. The molecule has 0 saturated heterocycles. The zero-order valence-electron chi connectivity index (χ0n) is 11.1. The minimum atomic E-state index is -2.03. The van der Waals surface area contributed by atoms with Crippen molar-refractivity contribution in [3.05, 3.63) is 29.8 Å². The van der Waals surface area contributed by atoms with Crippen LogP contribution in [0.15, 0.2) is 24.3 Å². The Morgan fingerprint density at radius 3 is 2.20 bits per heavy atom. The Morgan fingerprint density at radius 1 is 1.20 bits per heavy atom. The van der Waals surface area contributed by atoms with E-state index in [0.717, 1.165) is 6.92 Å². The van der Waals surface area contributed by atoms with Crippen molar-refractivity contribution >= 4 is 23.5 Å². The van der Waals surface area contributed by atoms with Gasteiger partial charge in [-0.25, -0.2) is 9.59 Å². The SMILES string of the molecule is CC(=O)c1ccc(NC(=O)NCC(C)(O)C(=O)O)cc1. The van der Waals surface area contributed by atoms with Crippen molar-refractivity contribution in [2.75, 3.05) is 11.9 Å². The summed E-state index contributed by atoms with van der Waals surface area (Å²) in [6.45, 7) is 2.08. The van der Waals surface area contributed by atoms with E-state index in [4.69, 9.17) is 5.11 Å². The first-order valence-corrected chi connectivity index (χ1v) is 5.84. The summed E-state index contributed by atoms with van der Waals surface area (Å²) < 4.78 is 0. The third kappa shape index (κ3) is 4.36. The smallest absolute Gasteiger partial charge is 0.337 e. The number of ketones is 1. The van der Waals surface area contributed by atoms with E-state index in [1.54, 1.807) is 24.3 Å². The molecule has 0 heterocycles. The maximum Gasteiger partial charge on any atom is 0.337 e. The Balaban J connectivity index is 2.54. The first-order valence-electron chi connectivity index (χ1n) is 5.84. The first-order chi connectivity index (χ1) is 9.22. The fourth-order valence-corrected chi connectivity index (χ4v) is 1.29. The molecule has 0 aliphatic heterocycles. The molecule has 0 radical (unpaired) electrons. The molecule has 20 heavy (non-hydrogen) atoms. The largest absolute Gasteiger partial charge is 0.479 e. The Labute approximate surface area is 115 Å². The van der Waals surface area contributed by atoms with Gasteiger partial charge in [0.15, 0.2) is 11.4 Å². The van der Waals surface area contributed by atoms with E-state index in [1.165, 1.54) is 6.92 Å². The van der Waals surface area contributed by atoms with E-state index < -0.39 is 24.1 Å². The van der Waals surface area contributed by atoms with Crippen molar-refractivity contribution < 1.29 is 24.6 Å². The summed E-state index contributed by atoms with van der Waals surface area (Å²) in [6.07, 6.45) is 0. The van der Waals surface area contributed by atoms with Crippen molar-refractivity contribution in [2.24, 2.45) is 0 Å². The summed E-state index contributed by atoms with van der Waals surface area (Å²) >= 11 is 0. The molecule has 1 atom stereocenters. The van der Waals surface area contributed by atoms with Gasteiger partial charge in [-0.05, 0) is 38.1 Å². The third-order valence-electron chi connectivity index (χ3n) is 2.60. The second-order valence-electron chi connectivity index (χ2n) is 4.52. The molecule has 0 bridgehead atoms. The number of hydrogen-bond acceptors (Lipinski definition) is 4. The molecule has 2 amide bonds. The van der Waals surface area contributed by atoms with Crippen molar-refractivity contribution in [1.82, 2.24) is 5.32 Å². The summed E-state index contributed by atoms with van der Waals surface area (Å²) in [6, 6.07) is 5.57. The Bertz CT molecular complexity index is 522. The number of hydrogen-bond donors (Lipinski definition) is 4. The van der Waals surface area contributed by atoms with Gasteiger partial charge in [0, 0.05) is 11.3 Å². The molecule has 0 aromatic heterocycles. The van der Waals surface area contributed by atoms with E-state index in [0.29, 0.717) is 11.3 Å². The summed E-state index contributed by atoms with van der Waals surface area (Å²) in [4.78, 5) is 33.2. The lowest BCUT2D eigenvalue weighted by molar-refractivity contribution is -0.155. The number of aliphatic hydroxyl groups is 1. The van der Waals surface area contributed by atoms with Gasteiger partial charge in [0.25, 0.3) is 0 Å². The van der Waals surface area contributed by atoms with E-state index in [2.05, 4.69) is 10.6 Å². The Kier molecular flexibility index (Phi) is 4.82. The van der Waals surface area contributed by atoms with Crippen molar-refractivity contribution in [3.63, 3.8) is 0 Å². The minimum Gasteiger partial charge on any atom is -0.479 e. The van der Waals surface area contributed by atoms with E-state index >= 15 is 0 Å². The molecule has 1 aromatic rings. The van der Waals surface area contributed by atoms with Gasteiger partial charge in [-0.2, -0.15) is 0 Å². The molecule has 1 aromatic carbocycles. The van der Waals surface area contributed by atoms with Crippen LogP contribution in [0, 0.1) is 0 Å². The minimum absolute atomic E-state index is 0.0847. The second kappa shape index (κ2) is 6.16. The predicted octanol–water partition coefficient (Wildman–Crippen LogP) is 0.846. The van der Waals surface area contributed by atoms with Crippen LogP contribution in [0.1, 0.15) is 24.2 Å². The van der Waals surface area contributed by atoms with Crippen LogP contribution in [0.4, 0.5) is 10.5 Å². The number of anilines is 1. The molecule has 4 N–H and O–H groups in total. The summed E-state index contributed by atoms with van der Waals surface area (Å²) in [7, 11) is 0. The van der Waals surface area contributed by atoms with Gasteiger partial charge in [-0.15, -0.1) is 0 Å². The summed E-state index contributed by atoms with van der Waals surface area (Å²) in [5, 5.41) is 22.8. The fourth-order valence-electron chi connectivity index (χ4n) is 1.29. The predicted molar refractivity (Wildman–Crippen MR) is 71.7 cm³/mol. The molecule has 0 saturated carbocycles. The van der Waals surface area contributed by atoms with Gasteiger partial charge in [0.2, 0.25) is 0 Å². The van der Waals surface area contributed by atoms with Crippen LogP contribution in [0.5, 0.6) is 0 Å². The van der Waals surface area contributed by atoms with E-state index in [1.807, 2.05) is 0 Å². The summed E-state index contributed by atoms with van der Waals surface area (Å²) in [5.74, 6) is -1.51. The lowest BCUT2D eigenvalue weighted by Gasteiger charge is -2.18. The average Bonchev–Trinajstić information content (AvgIpc) is 2.37. The second-order valence-corrected chi connectivity index (χ2v) is 4.52. The normalized spacial score (nSPS) is 13.2. The van der Waals surface area contributed by atoms with Gasteiger partial charge < -0.3 is 20.8 Å². The quantitative estimate of drug-likeness (QED) is 0.597. The highest BCUT2D eigenvalue weighted by molar-refractivity contribution is 5.95. The number of urea groups is 1. The zero-order valence-corrected chi connectivity index (χ0v) is 11.1. The number of carboxylic acid groups (broad SMARTS) is 1. The maximum absolute atomic E-state index is 11.5.